The van der Waals surface area contributed by atoms with Crippen LogP contribution in [0.1, 0.15) is 26.2 Å². The second-order valence-electron chi connectivity index (χ2n) is 5.46. The molecule has 1 aromatic carbocycles. The average Bonchev–Trinajstić information content (AvgIpc) is 2.99. The molecule has 0 spiro atoms. The third kappa shape index (κ3) is 2.90. The SMILES string of the molecule is CCCN(CC1CCCN1)c1cnc2ccccc2n1. The molecule has 1 aromatic heterocycles. The molecule has 1 fully saturated rings. The molecule has 1 saturated heterocycles. The van der Waals surface area contributed by atoms with Crippen LogP contribution in [0.3, 0.4) is 0 Å². The predicted octanol–water partition coefficient (Wildman–Crippen LogP) is 2.60. The van der Waals surface area contributed by atoms with E-state index in [4.69, 9.17) is 4.98 Å². The molecule has 0 bridgehead atoms. The van der Waals surface area contributed by atoms with E-state index in [0.717, 1.165) is 42.9 Å². The number of aromatic nitrogens is 2. The summed E-state index contributed by atoms with van der Waals surface area (Å²) < 4.78 is 0. The first-order chi connectivity index (χ1) is 9.86. The molecule has 1 aliphatic rings. The predicted molar refractivity (Wildman–Crippen MR) is 83.1 cm³/mol. The first kappa shape index (κ1) is 13.3. The first-order valence-corrected chi connectivity index (χ1v) is 7.57. The van der Waals surface area contributed by atoms with E-state index in [-0.39, 0.29) is 0 Å². The largest absolute Gasteiger partial charge is 0.354 e. The summed E-state index contributed by atoms with van der Waals surface area (Å²) in [7, 11) is 0. The average molecular weight is 270 g/mol. The second-order valence-corrected chi connectivity index (χ2v) is 5.46. The Hall–Kier alpha value is -1.68. The molecule has 0 radical (unpaired) electrons. The summed E-state index contributed by atoms with van der Waals surface area (Å²) >= 11 is 0. The Morgan fingerprint density at radius 2 is 2.15 bits per heavy atom. The van der Waals surface area contributed by atoms with Crippen LogP contribution >= 0.6 is 0 Å². The quantitative estimate of drug-likeness (QED) is 0.906. The maximum Gasteiger partial charge on any atom is 0.147 e. The number of rotatable bonds is 5. The standard InChI is InChI=1S/C16H22N4/c1-2-10-20(12-13-6-5-9-17-13)16-11-18-14-7-3-4-8-15(14)19-16/h3-4,7-8,11,13,17H,2,5-6,9-10,12H2,1H3. The van der Waals surface area contributed by atoms with Crippen molar-refractivity contribution in [2.75, 3.05) is 24.5 Å². The van der Waals surface area contributed by atoms with E-state index in [1.165, 1.54) is 12.8 Å². The fourth-order valence-corrected chi connectivity index (χ4v) is 2.85. The minimum Gasteiger partial charge on any atom is -0.354 e. The summed E-state index contributed by atoms with van der Waals surface area (Å²) in [4.78, 5) is 11.7. The van der Waals surface area contributed by atoms with E-state index in [1.807, 2.05) is 30.5 Å². The van der Waals surface area contributed by atoms with Crippen molar-refractivity contribution in [1.29, 1.82) is 0 Å². The molecule has 106 valence electrons. The zero-order chi connectivity index (χ0) is 13.8. The fraction of sp³-hybridized carbons (Fsp3) is 0.500. The van der Waals surface area contributed by atoms with Crippen LogP contribution in [0.15, 0.2) is 30.5 Å². The van der Waals surface area contributed by atoms with Crippen LogP contribution in [-0.2, 0) is 0 Å². The molecule has 20 heavy (non-hydrogen) atoms. The molecule has 1 unspecified atom stereocenters. The van der Waals surface area contributed by atoms with Crippen LogP contribution in [0.2, 0.25) is 0 Å². The smallest absolute Gasteiger partial charge is 0.147 e. The topological polar surface area (TPSA) is 41.0 Å². The third-order valence-corrected chi connectivity index (χ3v) is 3.86. The van der Waals surface area contributed by atoms with Gasteiger partial charge in [-0.3, -0.25) is 4.98 Å². The van der Waals surface area contributed by atoms with Gasteiger partial charge >= 0.3 is 0 Å². The van der Waals surface area contributed by atoms with Crippen LogP contribution < -0.4 is 10.2 Å². The van der Waals surface area contributed by atoms with Crippen molar-refractivity contribution in [2.24, 2.45) is 0 Å². The van der Waals surface area contributed by atoms with E-state index in [9.17, 15) is 0 Å². The van der Waals surface area contributed by atoms with Crippen molar-refractivity contribution in [3.63, 3.8) is 0 Å². The zero-order valence-corrected chi connectivity index (χ0v) is 12.0. The van der Waals surface area contributed by atoms with Crippen molar-refractivity contribution in [2.45, 2.75) is 32.2 Å². The highest BCUT2D eigenvalue weighted by molar-refractivity contribution is 5.75. The Kier molecular flexibility index (Phi) is 4.11. The molecule has 0 amide bonds. The van der Waals surface area contributed by atoms with Gasteiger partial charge in [0.25, 0.3) is 0 Å². The lowest BCUT2D eigenvalue weighted by Crippen LogP contribution is -2.38. The molecule has 0 aliphatic carbocycles. The highest BCUT2D eigenvalue weighted by Gasteiger charge is 2.18. The number of benzene rings is 1. The number of hydrogen-bond acceptors (Lipinski definition) is 4. The van der Waals surface area contributed by atoms with Gasteiger partial charge in [-0.15, -0.1) is 0 Å². The van der Waals surface area contributed by atoms with Crippen molar-refractivity contribution in [3.8, 4) is 0 Å². The van der Waals surface area contributed by atoms with Crippen LogP contribution in [0.4, 0.5) is 5.82 Å². The third-order valence-electron chi connectivity index (χ3n) is 3.86. The molecule has 3 rings (SSSR count). The number of nitrogens with one attached hydrogen (secondary N) is 1. The van der Waals surface area contributed by atoms with Gasteiger partial charge in [-0.25, -0.2) is 4.98 Å². The summed E-state index contributed by atoms with van der Waals surface area (Å²) in [5, 5.41) is 3.56. The normalized spacial score (nSPS) is 18.6. The summed E-state index contributed by atoms with van der Waals surface area (Å²) in [6.07, 6.45) is 5.59. The second kappa shape index (κ2) is 6.18. The molecule has 0 saturated carbocycles. The zero-order valence-electron chi connectivity index (χ0n) is 12.0. The summed E-state index contributed by atoms with van der Waals surface area (Å²) in [5.74, 6) is 0.999. The van der Waals surface area contributed by atoms with Gasteiger partial charge in [0, 0.05) is 19.1 Å². The molecule has 2 aromatic rings. The van der Waals surface area contributed by atoms with Crippen molar-refractivity contribution in [1.82, 2.24) is 15.3 Å². The van der Waals surface area contributed by atoms with Gasteiger partial charge < -0.3 is 10.2 Å². The minimum atomic E-state index is 0.592. The Labute approximate surface area is 120 Å². The van der Waals surface area contributed by atoms with Crippen molar-refractivity contribution >= 4 is 16.9 Å². The summed E-state index contributed by atoms with van der Waals surface area (Å²) in [6, 6.07) is 8.65. The van der Waals surface area contributed by atoms with Gasteiger partial charge in [0.2, 0.25) is 0 Å². The van der Waals surface area contributed by atoms with Gasteiger partial charge in [0.1, 0.15) is 5.82 Å². The molecule has 1 N–H and O–H groups in total. The van der Waals surface area contributed by atoms with Gasteiger partial charge in [-0.1, -0.05) is 19.1 Å². The maximum absolute atomic E-state index is 4.77. The molecular formula is C16H22N4. The maximum atomic E-state index is 4.77. The molecule has 2 heterocycles. The Morgan fingerprint density at radius 1 is 1.30 bits per heavy atom. The molecule has 4 heteroatoms. The van der Waals surface area contributed by atoms with E-state index in [1.54, 1.807) is 0 Å². The van der Waals surface area contributed by atoms with Crippen LogP contribution in [-0.4, -0.2) is 35.6 Å². The van der Waals surface area contributed by atoms with Gasteiger partial charge in [-0.2, -0.15) is 0 Å². The van der Waals surface area contributed by atoms with E-state index < -0.39 is 0 Å². The van der Waals surface area contributed by atoms with E-state index in [2.05, 4.69) is 22.1 Å². The number of para-hydroxylation sites is 2. The molecule has 1 aliphatic heterocycles. The van der Waals surface area contributed by atoms with Crippen molar-refractivity contribution < 1.29 is 0 Å². The minimum absolute atomic E-state index is 0.592. The lowest BCUT2D eigenvalue weighted by atomic mass is 10.2. The van der Waals surface area contributed by atoms with Gasteiger partial charge in [-0.05, 0) is 37.9 Å². The molecular weight excluding hydrogens is 248 g/mol. The number of anilines is 1. The first-order valence-electron chi connectivity index (χ1n) is 7.57. The number of hydrogen-bond donors (Lipinski definition) is 1. The Bertz CT molecular complexity index is 563. The Balaban J connectivity index is 1.83. The van der Waals surface area contributed by atoms with Crippen LogP contribution in [0.25, 0.3) is 11.0 Å². The van der Waals surface area contributed by atoms with Crippen LogP contribution in [0.5, 0.6) is 0 Å². The molecule has 4 nitrogen and oxygen atoms in total. The highest BCUT2D eigenvalue weighted by Crippen LogP contribution is 2.17. The van der Waals surface area contributed by atoms with Gasteiger partial charge in [0.05, 0.1) is 17.2 Å². The lowest BCUT2D eigenvalue weighted by molar-refractivity contribution is 0.575. The van der Waals surface area contributed by atoms with Crippen LogP contribution in [0, 0.1) is 0 Å². The molecule has 1 atom stereocenters. The number of fused-ring (bicyclic) bond motifs is 1. The Morgan fingerprint density at radius 3 is 2.90 bits per heavy atom. The van der Waals surface area contributed by atoms with Gasteiger partial charge in [0.15, 0.2) is 0 Å². The number of nitrogens with zero attached hydrogens (tertiary/aromatic N) is 3. The fourth-order valence-electron chi connectivity index (χ4n) is 2.85. The summed E-state index contributed by atoms with van der Waals surface area (Å²) in [5.41, 5.74) is 1.94. The highest BCUT2D eigenvalue weighted by atomic mass is 15.2. The van der Waals surface area contributed by atoms with E-state index >= 15 is 0 Å². The van der Waals surface area contributed by atoms with Crippen molar-refractivity contribution in [3.05, 3.63) is 30.5 Å². The lowest BCUT2D eigenvalue weighted by Gasteiger charge is -2.26. The van der Waals surface area contributed by atoms with E-state index in [0.29, 0.717) is 6.04 Å². The summed E-state index contributed by atoms with van der Waals surface area (Å²) in [6.45, 7) is 5.42. The monoisotopic (exact) mass is 270 g/mol.